The maximum absolute atomic E-state index is 12.8. The Morgan fingerprint density at radius 3 is 2.78 bits per heavy atom. The Morgan fingerprint density at radius 2 is 2.04 bits per heavy atom. The molecule has 120 valence electrons. The molecule has 1 aliphatic rings. The summed E-state index contributed by atoms with van der Waals surface area (Å²) < 4.78 is 18.5. The third kappa shape index (κ3) is 3.76. The zero-order chi connectivity index (χ0) is 16.2. The van der Waals surface area contributed by atoms with Crippen molar-refractivity contribution >= 4 is 17.5 Å². The molecule has 1 aromatic heterocycles. The molecule has 0 aliphatic carbocycles. The number of benzene rings is 1. The van der Waals surface area contributed by atoms with Gasteiger partial charge in [0.15, 0.2) is 5.82 Å². The number of hydrogen-bond acceptors (Lipinski definition) is 4. The monoisotopic (exact) mass is 335 g/mol. The van der Waals surface area contributed by atoms with Crippen LogP contribution < -0.4 is 4.74 Å². The van der Waals surface area contributed by atoms with Gasteiger partial charge in [-0.1, -0.05) is 23.7 Å². The standard InChI is InChI=1S/C16H15ClFN3O2/c17-14-6-2-1-5-13(14)15(22)21-7-3-4-12(10-21)23-16-19-8-11(18)9-20-16/h1-2,5-6,8-9,12H,3-4,7,10H2. The second kappa shape index (κ2) is 6.91. The summed E-state index contributed by atoms with van der Waals surface area (Å²) >= 11 is 6.09. The van der Waals surface area contributed by atoms with Gasteiger partial charge in [0, 0.05) is 6.54 Å². The number of nitrogens with zero attached hydrogens (tertiary/aromatic N) is 3. The first-order valence-electron chi connectivity index (χ1n) is 7.31. The summed E-state index contributed by atoms with van der Waals surface area (Å²) in [7, 11) is 0. The average Bonchev–Trinajstić information content (AvgIpc) is 2.57. The summed E-state index contributed by atoms with van der Waals surface area (Å²) in [5, 5.41) is 0.433. The van der Waals surface area contributed by atoms with Crippen molar-refractivity contribution in [3.05, 3.63) is 53.1 Å². The number of ether oxygens (including phenoxy) is 1. The Balaban J connectivity index is 1.67. The van der Waals surface area contributed by atoms with Crippen molar-refractivity contribution in [1.29, 1.82) is 0 Å². The van der Waals surface area contributed by atoms with Crippen LogP contribution in [0.25, 0.3) is 0 Å². The van der Waals surface area contributed by atoms with Crippen LogP contribution in [0.2, 0.25) is 5.02 Å². The molecule has 0 saturated carbocycles. The largest absolute Gasteiger partial charge is 0.458 e. The molecule has 1 unspecified atom stereocenters. The van der Waals surface area contributed by atoms with Crippen LogP contribution in [-0.4, -0.2) is 40.0 Å². The lowest BCUT2D eigenvalue weighted by atomic mass is 10.1. The maximum Gasteiger partial charge on any atom is 0.316 e. The number of amides is 1. The molecule has 0 N–H and O–H groups in total. The van der Waals surface area contributed by atoms with Gasteiger partial charge in [-0.3, -0.25) is 4.79 Å². The molecule has 0 spiro atoms. The van der Waals surface area contributed by atoms with Crippen molar-refractivity contribution in [2.75, 3.05) is 13.1 Å². The quantitative estimate of drug-likeness (QED) is 0.865. The smallest absolute Gasteiger partial charge is 0.316 e. The predicted octanol–water partition coefficient (Wildman–Crippen LogP) is 2.95. The third-order valence-electron chi connectivity index (χ3n) is 3.64. The van der Waals surface area contributed by atoms with E-state index in [2.05, 4.69) is 9.97 Å². The zero-order valence-corrected chi connectivity index (χ0v) is 13.0. The van der Waals surface area contributed by atoms with Crippen molar-refractivity contribution < 1.29 is 13.9 Å². The average molecular weight is 336 g/mol. The molecule has 0 radical (unpaired) electrons. The normalized spacial score (nSPS) is 17.8. The van der Waals surface area contributed by atoms with E-state index in [0.717, 1.165) is 25.2 Å². The van der Waals surface area contributed by atoms with Crippen LogP contribution in [0.1, 0.15) is 23.2 Å². The second-order valence-corrected chi connectivity index (χ2v) is 5.70. The lowest BCUT2D eigenvalue weighted by Gasteiger charge is -2.32. The minimum absolute atomic E-state index is 0.114. The molecule has 2 aromatic rings. The van der Waals surface area contributed by atoms with Gasteiger partial charge in [-0.05, 0) is 25.0 Å². The summed E-state index contributed by atoms with van der Waals surface area (Å²) in [5.41, 5.74) is 0.479. The number of halogens is 2. The Kier molecular flexibility index (Phi) is 4.71. The minimum atomic E-state index is -0.517. The van der Waals surface area contributed by atoms with Crippen LogP contribution in [0.3, 0.4) is 0 Å². The Morgan fingerprint density at radius 1 is 1.30 bits per heavy atom. The number of carbonyl (C=O) groups excluding carboxylic acids is 1. The number of hydrogen-bond donors (Lipinski definition) is 0. The molecule has 23 heavy (non-hydrogen) atoms. The molecule has 1 atom stereocenters. The van der Waals surface area contributed by atoms with E-state index in [1.165, 1.54) is 0 Å². The van der Waals surface area contributed by atoms with Gasteiger partial charge in [0.1, 0.15) is 6.10 Å². The SMILES string of the molecule is O=C(c1ccccc1Cl)N1CCCC(Oc2ncc(F)cn2)C1. The lowest BCUT2D eigenvalue weighted by molar-refractivity contribution is 0.0515. The van der Waals surface area contributed by atoms with Gasteiger partial charge in [-0.15, -0.1) is 0 Å². The summed E-state index contributed by atoms with van der Waals surface area (Å²) in [6.45, 7) is 1.07. The van der Waals surface area contributed by atoms with Crippen molar-refractivity contribution in [3.63, 3.8) is 0 Å². The summed E-state index contributed by atoms with van der Waals surface area (Å²) in [4.78, 5) is 21.8. The Hall–Kier alpha value is -2.21. The molecule has 1 aliphatic heterocycles. The molecule has 5 nitrogen and oxygen atoms in total. The molecule has 1 fully saturated rings. The second-order valence-electron chi connectivity index (χ2n) is 5.30. The van der Waals surface area contributed by atoms with Crippen molar-refractivity contribution in [2.45, 2.75) is 18.9 Å². The van der Waals surface area contributed by atoms with Gasteiger partial charge >= 0.3 is 6.01 Å². The topological polar surface area (TPSA) is 55.3 Å². The van der Waals surface area contributed by atoms with E-state index in [4.69, 9.17) is 16.3 Å². The lowest BCUT2D eigenvalue weighted by Crippen LogP contribution is -2.44. The summed E-state index contributed by atoms with van der Waals surface area (Å²) in [6, 6.07) is 7.08. The number of rotatable bonds is 3. The van der Waals surface area contributed by atoms with Crippen LogP contribution in [0, 0.1) is 5.82 Å². The van der Waals surface area contributed by atoms with Crippen LogP contribution in [0.15, 0.2) is 36.7 Å². The van der Waals surface area contributed by atoms with Crippen molar-refractivity contribution in [2.24, 2.45) is 0 Å². The van der Waals surface area contributed by atoms with Crippen molar-refractivity contribution in [1.82, 2.24) is 14.9 Å². The molecule has 1 saturated heterocycles. The number of piperidine rings is 1. The van der Waals surface area contributed by atoms with Gasteiger partial charge in [0.05, 0.1) is 29.5 Å². The molecule has 1 aromatic carbocycles. The fourth-order valence-electron chi connectivity index (χ4n) is 2.53. The van der Waals surface area contributed by atoms with E-state index in [-0.39, 0.29) is 18.0 Å². The number of likely N-dealkylation sites (tertiary alicyclic amines) is 1. The van der Waals surface area contributed by atoms with Gasteiger partial charge in [-0.25, -0.2) is 14.4 Å². The van der Waals surface area contributed by atoms with E-state index in [1.54, 1.807) is 29.2 Å². The predicted molar refractivity (Wildman–Crippen MR) is 83.0 cm³/mol. The van der Waals surface area contributed by atoms with E-state index in [0.29, 0.717) is 23.7 Å². The summed E-state index contributed by atoms with van der Waals surface area (Å²) in [5.74, 6) is -0.638. The molecule has 7 heteroatoms. The van der Waals surface area contributed by atoms with E-state index >= 15 is 0 Å². The highest BCUT2D eigenvalue weighted by Crippen LogP contribution is 2.21. The molecule has 0 bridgehead atoms. The van der Waals surface area contributed by atoms with Crippen LogP contribution in [0.5, 0.6) is 6.01 Å². The number of carbonyl (C=O) groups is 1. The van der Waals surface area contributed by atoms with Crippen LogP contribution >= 0.6 is 11.6 Å². The van der Waals surface area contributed by atoms with Gasteiger partial charge in [0.2, 0.25) is 0 Å². The van der Waals surface area contributed by atoms with Crippen LogP contribution in [0.4, 0.5) is 4.39 Å². The fourth-order valence-corrected chi connectivity index (χ4v) is 2.75. The fraction of sp³-hybridized carbons (Fsp3) is 0.312. The zero-order valence-electron chi connectivity index (χ0n) is 12.3. The first-order chi connectivity index (χ1) is 11.1. The maximum atomic E-state index is 12.8. The molecular weight excluding hydrogens is 321 g/mol. The summed E-state index contributed by atoms with van der Waals surface area (Å²) in [6.07, 6.45) is 3.48. The first-order valence-corrected chi connectivity index (χ1v) is 7.69. The Labute approximate surface area is 138 Å². The van der Waals surface area contributed by atoms with Gasteiger partial charge < -0.3 is 9.64 Å². The molecule has 1 amide bonds. The highest BCUT2D eigenvalue weighted by Gasteiger charge is 2.27. The molecule has 2 heterocycles. The van der Waals surface area contributed by atoms with E-state index in [9.17, 15) is 9.18 Å². The van der Waals surface area contributed by atoms with E-state index in [1.807, 2.05) is 0 Å². The molecular formula is C16H15ClFN3O2. The molecule has 3 rings (SSSR count). The van der Waals surface area contributed by atoms with Crippen LogP contribution in [-0.2, 0) is 0 Å². The minimum Gasteiger partial charge on any atom is -0.458 e. The highest BCUT2D eigenvalue weighted by molar-refractivity contribution is 6.33. The van der Waals surface area contributed by atoms with Crippen molar-refractivity contribution in [3.8, 4) is 6.01 Å². The van der Waals surface area contributed by atoms with Gasteiger partial charge in [0.25, 0.3) is 5.91 Å². The van der Waals surface area contributed by atoms with E-state index < -0.39 is 5.82 Å². The Bertz CT molecular complexity index is 696. The number of aromatic nitrogens is 2. The van der Waals surface area contributed by atoms with Gasteiger partial charge in [-0.2, -0.15) is 0 Å². The highest BCUT2D eigenvalue weighted by atomic mass is 35.5. The third-order valence-corrected chi connectivity index (χ3v) is 3.97. The first kappa shape index (κ1) is 15.7.